The van der Waals surface area contributed by atoms with Crippen molar-refractivity contribution in [2.24, 2.45) is 23.7 Å². The minimum absolute atomic E-state index is 0.421. The van der Waals surface area contributed by atoms with Crippen molar-refractivity contribution in [1.82, 2.24) is 0 Å². The van der Waals surface area contributed by atoms with Crippen molar-refractivity contribution in [2.75, 3.05) is 6.61 Å². The van der Waals surface area contributed by atoms with E-state index in [0.29, 0.717) is 12.5 Å². The third kappa shape index (κ3) is 4.63. The molecule has 0 atom stereocenters. The molecule has 0 amide bonds. The van der Waals surface area contributed by atoms with Crippen LogP contribution in [0.25, 0.3) is 0 Å². The zero-order valence-corrected chi connectivity index (χ0v) is 12.7. The molecule has 0 bridgehead atoms. The smallest absolute Gasteiger partial charge is 0.0459 e. The molecule has 0 radical (unpaired) electrons. The van der Waals surface area contributed by atoms with Gasteiger partial charge in [-0.25, -0.2) is 0 Å². The zero-order valence-electron chi connectivity index (χ0n) is 12.7. The molecule has 2 saturated carbocycles. The Kier molecular flexibility index (Phi) is 6.43. The largest absolute Gasteiger partial charge is 0.396 e. The molecular formula is C18H32O. The quantitative estimate of drug-likeness (QED) is 0.697. The molecule has 0 aromatic carbocycles. The molecule has 0 heterocycles. The van der Waals surface area contributed by atoms with E-state index in [2.05, 4.69) is 19.1 Å². The summed E-state index contributed by atoms with van der Waals surface area (Å²) in [6, 6.07) is 0. The molecule has 0 saturated heterocycles. The first kappa shape index (κ1) is 15.1. The van der Waals surface area contributed by atoms with Crippen molar-refractivity contribution in [1.29, 1.82) is 0 Å². The maximum Gasteiger partial charge on any atom is 0.0459 e. The van der Waals surface area contributed by atoms with Crippen molar-refractivity contribution in [3.05, 3.63) is 12.2 Å². The van der Waals surface area contributed by atoms with Gasteiger partial charge in [-0.15, -0.1) is 0 Å². The van der Waals surface area contributed by atoms with Crippen LogP contribution in [0, 0.1) is 23.7 Å². The molecule has 0 unspecified atom stereocenters. The first-order valence-electron chi connectivity index (χ1n) is 8.55. The van der Waals surface area contributed by atoms with E-state index < -0.39 is 0 Å². The van der Waals surface area contributed by atoms with Gasteiger partial charge >= 0.3 is 0 Å². The van der Waals surface area contributed by atoms with Crippen LogP contribution in [0.5, 0.6) is 0 Å². The van der Waals surface area contributed by atoms with Gasteiger partial charge in [0, 0.05) is 6.61 Å². The first-order valence-corrected chi connectivity index (χ1v) is 8.55. The summed E-state index contributed by atoms with van der Waals surface area (Å²) >= 11 is 0. The van der Waals surface area contributed by atoms with E-state index in [1.165, 1.54) is 64.2 Å². The van der Waals surface area contributed by atoms with Crippen molar-refractivity contribution in [3.8, 4) is 0 Å². The predicted molar refractivity (Wildman–Crippen MR) is 82.0 cm³/mol. The number of aliphatic hydroxyl groups is 1. The van der Waals surface area contributed by atoms with Gasteiger partial charge in [0.25, 0.3) is 0 Å². The summed E-state index contributed by atoms with van der Waals surface area (Å²) in [7, 11) is 0. The lowest BCUT2D eigenvalue weighted by molar-refractivity contribution is 0.116. The summed E-state index contributed by atoms with van der Waals surface area (Å²) in [4.78, 5) is 0. The van der Waals surface area contributed by atoms with Crippen LogP contribution in [0.2, 0.25) is 0 Å². The molecule has 0 aromatic heterocycles. The van der Waals surface area contributed by atoms with Gasteiger partial charge < -0.3 is 5.11 Å². The van der Waals surface area contributed by atoms with Gasteiger partial charge in [0.05, 0.1) is 0 Å². The maximum absolute atomic E-state index is 9.22. The molecule has 0 aromatic rings. The van der Waals surface area contributed by atoms with Crippen LogP contribution in [0.15, 0.2) is 12.2 Å². The summed E-state index contributed by atoms with van der Waals surface area (Å²) in [5.74, 6) is 3.62. The van der Waals surface area contributed by atoms with E-state index >= 15 is 0 Å². The molecule has 0 spiro atoms. The van der Waals surface area contributed by atoms with E-state index in [0.717, 1.165) is 17.8 Å². The molecule has 110 valence electrons. The normalized spacial score (nSPS) is 36.7. The summed E-state index contributed by atoms with van der Waals surface area (Å²) in [5, 5.41) is 9.22. The van der Waals surface area contributed by atoms with Crippen LogP contribution in [-0.2, 0) is 0 Å². The molecule has 1 nitrogen and oxygen atoms in total. The molecule has 2 fully saturated rings. The maximum atomic E-state index is 9.22. The van der Waals surface area contributed by atoms with Crippen LogP contribution in [-0.4, -0.2) is 11.7 Å². The summed E-state index contributed by atoms with van der Waals surface area (Å²) in [6.45, 7) is 2.55. The summed E-state index contributed by atoms with van der Waals surface area (Å²) in [5.41, 5.74) is 0. The Morgan fingerprint density at radius 1 is 0.842 bits per heavy atom. The minimum atomic E-state index is 0.421. The number of hydrogen-bond donors (Lipinski definition) is 1. The Balaban J connectivity index is 1.66. The third-order valence-corrected chi connectivity index (χ3v) is 5.68. The van der Waals surface area contributed by atoms with Crippen molar-refractivity contribution < 1.29 is 5.11 Å². The number of aliphatic hydroxyl groups excluding tert-OH is 1. The van der Waals surface area contributed by atoms with Crippen molar-refractivity contribution >= 4 is 0 Å². The lowest BCUT2D eigenvalue weighted by Gasteiger charge is -2.37. The molecular weight excluding hydrogens is 232 g/mol. The number of hydrogen-bond acceptors (Lipinski definition) is 1. The van der Waals surface area contributed by atoms with Crippen LogP contribution < -0.4 is 0 Å². The summed E-state index contributed by atoms with van der Waals surface area (Å²) < 4.78 is 0. The van der Waals surface area contributed by atoms with Crippen LogP contribution in [0.3, 0.4) is 0 Å². The lowest BCUT2D eigenvalue weighted by atomic mass is 9.69. The minimum Gasteiger partial charge on any atom is -0.396 e. The van der Waals surface area contributed by atoms with Gasteiger partial charge in [0.15, 0.2) is 0 Å². The van der Waals surface area contributed by atoms with Gasteiger partial charge in [-0.1, -0.05) is 25.0 Å². The average molecular weight is 264 g/mol. The second kappa shape index (κ2) is 8.09. The van der Waals surface area contributed by atoms with E-state index in [1.54, 1.807) is 0 Å². The molecule has 2 aliphatic carbocycles. The highest BCUT2D eigenvalue weighted by atomic mass is 16.3. The van der Waals surface area contributed by atoms with Gasteiger partial charge in [-0.05, 0) is 82.0 Å². The Morgan fingerprint density at radius 2 is 1.37 bits per heavy atom. The highest BCUT2D eigenvalue weighted by Crippen LogP contribution is 2.42. The topological polar surface area (TPSA) is 20.2 Å². The third-order valence-electron chi connectivity index (χ3n) is 5.68. The standard InChI is InChI=1S/C18H32O/c1-2-3-4-5-15-6-10-17(11-7-15)18-12-8-16(14-19)9-13-18/h2-3,15-19H,4-14H2,1H3/b3-2+. The van der Waals surface area contributed by atoms with Crippen LogP contribution >= 0.6 is 0 Å². The fourth-order valence-corrected chi connectivity index (χ4v) is 4.29. The van der Waals surface area contributed by atoms with E-state index in [1.807, 2.05) is 0 Å². The van der Waals surface area contributed by atoms with Crippen molar-refractivity contribution in [3.63, 3.8) is 0 Å². The number of rotatable bonds is 5. The van der Waals surface area contributed by atoms with Gasteiger partial charge in [-0.3, -0.25) is 0 Å². The fourth-order valence-electron chi connectivity index (χ4n) is 4.29. The van der Waals surface area contributed by atoms with Crippen LogP contribution in [0.4, 0.5) is 0 Å². The molecule has 19 heavy (non-hydrogen) atoms. The van der Waals surface area contributed by atoms with Gasteiger partial charge in [-0.2, -0.15) is 0 Å². The second-order valence-corrected chi connectivity index (χ2v) is 6.89. The van der Waals surface area contributed by atoms with Gasteiger partial charge in [0.2, 0.25) is 0 Å². The molecule has 0 aliphatic heterocycles. The Labute approximate surface area is 119 Å². The summed E-state index contributed by atoms with van der Waals surface area (Å²) in [6.07, 6.45) is 18.5. The van der Waals surface area contributed by atoms with Crippen LogP contribution in [0.1, 0.15) is 71.1 Å². The second-order valence-electron chi connectivity index (χ2n) is 6.89. The first-order chi connectivity index (χ1) is 9.33. The monoisotopic (exact) mass is 264 g/mol. The Morgan fingerprint density at radius 3 is 1.84 bits per heavy atom. The van der Waals surface area contributed by atoms with Gasteiger partial charge in [0.1, 0.15) is 0 Å². The lowest BCUT2D eigenvalue weighted by Crippen LogP contribution is -2.26. The highest BCUT2D eigenvalue weighted by Gasteiger charge is 2.30. The Bertz CT molecular complexity index is 255. The molecule has 1 heteroatoms. The molecule has 1 N–H and O–H groups in total. The SMILES string of the molecule is C/C=C/CCC1CCC(C2CCC(CO)CC2)CC1. The number of allylic oxidation sites excluding steroid dienone is 2. The Hall–Kier alpha value is -0.300. The highest BCUT2D eigenvalue weighted by molar-refractivity contribution is 4.83. The fraction of sp³-hybridized carbons (Fsp3) is 0.889. The zero-order chi connectivity index (χ0) is 13.5. The van der Waals surface area contributed by atoms with E-state index in [4.69, 9.17) is 0 Å². The predicted octanol–water partition coefficient (Wildman–Crippen LogP) is 4.95. The molecule has 2 rings (SSSR count). The van der Waals surface area contributed by atoms with E-state index in [9.17, 15) is 5.11 Å². The average Bonchev–Trinajstić information content (AvgIpc) is 2.48. The van der Waals surface area contributed by atoms with E-state index in [-0.39, 0.29) is 0 Å². The van der Waals surface area contributed by atoms with Crippen molar-refractivity contribution in [2.45, 2.75) is 71.1 Å². The molecule has 2 aliphatic rings.